The minimum absolute atomic E-state index is 0.112. The monoisotopic (exact) mass is 306 g/mol. The molecular formula is C15H22N4OS. The summed E-state index contributed by atoms with van der Waals surface area (Å²) in [5, 5.41) is 9.01. The van der Waals surface area contributed by atoms with Crippen molar-refractivity contribution >= 4 is 11.8 Å². The Hall–Kier alpha value is -1.69. The number of nitrogen functional groups attached to an aromatic ring is 1. The molecule has 0 saturated carbocycles. The second-order valence-corrected chi connectivity index (χ2v) is 7.00. The van der Waals surface area contributed by atoms with Gasteiger partial charge in [0.2, 0.25) is 5.16 Å². The number of benzene rings is 1. The van der Waals surface area contributed by atoms with E-state index in [1.54, 1.807) is 16.4 Å². The molecule has 2 aromatic rings. The third kappa shape index (κ3) is 4.14. The standard InChI is InChI=1S/C15H22N4OS/c1-11-6-5-7-12(10-11)20-8-9-21-14-18-17-13(19(14)16)15(2,3)4/h5-7,10H,8-9,16H2,1-4H3. The fourth-order valence-corrected chi connectivity index (χ4v) is 2.56. The van der Waals surface area contributed by atoms with Crippen LogP contribution >= 0.6 is 11.8 Å². The summed E-state index contributed by atoms with van der Waals surface area (Å²) < 4.78 is 7.27. The highest BCUT2D eigenvalue weighted by atomic mass is 32.2. The van der Waals surface area contributed by atoms with Crippen LogP contribution in [-0.2, 0) is 5.41 Å². The van der Waals surface area contributed by atoms with Crippen LogP contribution in [0.5, 0.6) is 5.75 Å². The van der Waals surface area contributed by atoms with Crippen molar-refractivity contribution in [1.82, 2.24) is 14.9 Å². The molecule has 1 aromatic heterocycles. The minimum Gasteiger partial charge on any atom is -0.493 e. The predicted octanol–water partition coefficient (Wildman–Crippen LogP) is 2.77. The molecule has 0 saturated heterocycles. The van der Waals surface area contributed by atoms with E-state index in [2.05, 4.69) is 31.0 Å². The second-order valence-electron chi connectivity index (χ2n) is 5.94. The fourth-order valence-electron chi connectivity index (χ4n) is 1.88. The summed E-state index contributed by atoms with van der Waals surface area (Å²) in [6.45, 7) is 8.85. The number of hydrogen-bond donors (Lipinski definition) is 1. The van der Waals surface area contributed by atoms with Crippen molar-refractivity contribution in [2.75, 3.05) is 18.2 Å². The normalized spacial score (nSPS) is 11.6. The van der Waals surface area contributed by atoms with Crippen molar-refractivity contribution in [3.63, 3.8) is 0 Å². The molecule has 1 heterocycles. The Labute approximate surface area is 129 Å². The molecule has 0 radical (unpaired) electrons. The van der Waals surface area contributed by atoms with Crippen LogP contribution < -0.4 is 10.6 Å². The van der Waals surface area contributed by atoms with E-state index >= 15 is 0 Å². The van der Waals surface area contributed by atoms with E-state index in [9.17, 15) is 0 Å². The lowest BCUT2D eigenvalue weighted by Gasteiger charge is -2.16. The van der Waals surface area contributed by atoms with Gasteiger partial charge in [0.15, 0.2) is 5.82 Å². The molecule has 0 aliphatic heterocycles. The molecule has 114 valence electrons. The summed E-state index contributed by atoms with van der Waals surface area (Å²) in [5.74, 6) is 8.48. The minimum atomic E-state index is -0.112. The Morgan fingerprint density at radius 2 is 2.05 bits per heavy atom. The molecule has 2 N–H and O–H groups in total. The molecule has 0 amide bonds. The van der Waals surface area contributed by atoms with Crippen molar-refractivity contribution in [2.45, 2.75) is 38.3 Å². The Kier molecular flexibility index (Phi) is 4.77. The van der Waals surface area contributed by atoms with E-state index in [-0.39, 0.29) is 5.41 Å². The Bertz CT molecular complexity index is 604. The molecular weight excluding hydrogens is 284 g/mol. The van der Waals surface area contributed by atoms with E-state index in [4.69, 9.17) is 10.6 Å². The summed E-state index contributed by atoms with van der Waals surface area (Å²) in [6.07, 6.45) is 0. The highest BCUT2D eigenvalue weighted by Gasteiger charge is 2.22. The number of nitrogens with two attached hydrogens (primary N) is 1. The fraction of sp³-hybridized carbons (Fsp3) is 0.467. The number of aromatic nitrogens is 3. The van der Waals surface area contributed by atoms with Crippen molar-refractivity contribution < 1.29 is 4.74 Å². The first kappa shape index (κ1) is 15.7. The summed E-state index contributed by atoms with van der Waals surface area (Å²) >= 11 is 1.55. The number of aryl methyl sites for hydroxylation is 1. The van der Waals surface area contributed by atoms with Gasteiger partial charge in [-0.1, -0.05) is 44.7 Å². The molecule has 0 aliphatic rings. The maximum atomic E-state index is 6.03. The van der Waals surface area contributed by atoms with Crippen molar-refractivity contribution in [1.29, 1.82) is 0 Å². The highest BCUT2D eigenvalue weighted by molar-refractivity contribution is 7.99. The van der Waals surface area contributed by atoms with Gasteiger partial charge in [0.25, 0.3) is 0 Å². The summed E-state index contributed by atoms with van der Waals surface area (Å²) in [7, 11) is 0. The number of ether oxygens (including phenoxy) is 1. The van der Waals surface area contributed by atoms with Crippen LogP contribution in [0.4, 0.5) is 0 Å². The Morgan fingerprint density at radius 3 is 2.67 bits per heavy atom. The van der Waals surface area contributed by atoms with Gasteiger partial charge in [0.05, 0.1) is 6.61 Å². The van der Waals surface area contributed by atoms with Crippen LogP contribution in [0.3, 0.4) is 0 Å². The predicted molar refractivity (Wildman–Crippen MR) is 86.3 cm³/mol. The van der Waals surface area contributed by atoms with Crippen molar-refractivity contribution in [2.24, 2.45) is 0 Å². The second kappa shape index (κ2) is 6.39. The van der Waals surface area contributed by atoms with Gasteiger partial charge in [0.1, 0.15) is 5.75 Å². The lowest BCUT2D eigenvalue weighted by molar-refractivity contribution is 0.343. The zero-order chi connectivity index (χ0) is 15.5. The van der Waals surface area contributed by atoms with Crippen LogP contribution in [-0.4, -0.2) is 27.2 Å². The quantitative estimate of drug-likeness (QED) is 0.523. The molecule has 5 nitrogen and oxygen atoms in total. The van der Waals surface area contributed by atoms with Crippen molar-refractivity contribution in [3.05, 3.63) is 35.7 Å². The molecule has 0 unspecified atom stereocenters. The zero-order valence-electron chi connectivity index (χ0n) is 13.0. The smallest absolute Gasteiger partial charge is 0.209 e. The van der Waals surface area contributed by atoms with Gasteiger partial charge in [-0.2, -0.15) is 0 Å². The maximum absolute atomic E-state index is 6.03. The summed E-state index contributed by atoms with van der Waals surface area (Å²) in [5.41, 5.74) is 1.08. The van der Waals surface area contributed by atoms with E-state index in [0.717, 1.165) is 17.3 Å². The van der Waals surface area contributed by atoms with E-state index in [1.807, 2.05) is 31.2 Å². The first-order chi connectivity index (χ1) is 9.88. The van der Waals surface area contributed by atoms with Crippen LogP contribution in [0.1, 0.15) is 32.2 Å². The molecule has 0 bridgehead atoms. The molecule has 0 atom stereocenters. The molecule has 6 heteroatoms. The lowest BCUT2D eigenvalue weighted by Crippen LogP contribution is -2.24. The molecule has 0 fully saturated rings. The van der Waals surface area contributed by atoms with Crippen molar-refractivity contribution in [3.8, 4) is 5.75 Å². The first-order valence-electron chi connectivity index (χ1n) is 6.91. The Morgan fingerprint density at radius 1 is 1.29 bits per heavy atom. The average Bonchev–Trinajstić information content (AvgIpc) is 2.76. The van der Waals surface area contributed by atoms with E-state index < -0.39 is 0 Å². The molecule has 0 aliphatic carbocycles. The Balaban J connectivity index is 1.86. The van der Waals surface area contributed by atoms with E-state index in [0.29, 0.717) is 11.8 Å². The first-order valence-corrected chi connectivity index (χ1v) is 7.90. The lowest BCUT2D eigenvalue weighted by atomic mass is 9.96. The largest absolute Gasteiger partial charge is 0.493 e. The molecule has 2 rings (SSSR count). The van der Waals surface area contributed by atoms with Crippen LogP contribution in [0.25, 0.3) is 0 Å². The maximum Gasteiger partial charge on any atom is 0.209 e. The van der Waals surface area contributed by atoms with Gasteiger partial charge >= 0.3 is 0 Å². The van der Waals surface area contributed by atoms with Gasteiger partial charge in [0, 0.05) is 11.2 Å². The number of nitrogens with zero attached hydrogens (tertiary/aromatic N) is 3. The molecule has 1 aromatic carbocycles. The van der Waals surface area contributed by atoms with Crippen LogP contribution in [0, 0.1) is 6.92 Å². The number of hydrogen-bond acceptors (Lipinski definition) is 5. The SMILES string of the molecule is Cc1cccc(OCCSc2nnc(C(C)(C)C)n2N)c1. The van der Waals surface area contributed by atoms with Gasteiger partial charge in [-0.3, -0.25) is 0 Å². The average molecular weight is 306 g/mol. The highest BCUT2D eigenvalue weighted by Crippen LogP contribution is 2.23. The van der Waals surface area contributed by atoms with Gasteiger partial charge < -0.3 is 10.6 Å². The van der Waals surface area contributed by atoms with Gasteiger partial charge in [-0.05, 0) is 24.6 Å². The van der Waals surface area contributed by atoms with Crippen LogP contribution in [0.2, 0.25) is 0 Å². The number of thioether (sulfide) groups is 1. The number of rotatable bonds is 5. The summed E-state index contributed by atoms with van der Waals surface area (Å²) in [6, 6.07) is 8.02. The molecule has 21 heavy (non-hydrogen) atoms. The summed E-state index contributed by atoms with van der Waals surface area (Å²) in [4.78, 5) is 0. The third-order valence-electron chi connectivity index (χ3n) is 2.91. The van der Waals surface area contributed by atoms with Crippen LogP contribution in [0.15, 0.2) is 29.4 Å². The van der Waals surface area contributed by atoms with Gasteiger partial charge in [-0.15, -0.1) is 10.2 Å². The topological polar surface area (TPSA) is 66.0 Å². The van der Waals surface area contributed by atoms with E-state index in [1.165, 1.54) is 5.56 Å². The van der Waals surface area contributed by atoms with Gasteiger partial charge in [-0.25, -0.2) is 4.68 Å². The third-order valence-corrected chi connectivity index (χ3v) is 3.82. The zero-order valence-corrected chi connectivity index (χ0v) is 13.8. The molecule has 0 spiro atoms.